The van der Waals surface area contributed by atoms with Crippen LogP contribution in [0.15, 0.2) is 24.3 Å². The van der Waals surface area contributed by atoms with Gasteiger partial charge in [0.05, 0.1) is 7.11 Å². The molecule has 2 N–H and O–H groups in total. The molecule has 5 heteroatoms. The van der Waals surface area contributed by atoms with E-state index in [4.69, 9.17) is 15.2 Å². The summed E-state index contributed by atoms with van der Waals surface area (Å²) in [7, 11) is 1.59. The second-order valence-corrected chi connectivity index (χ2v) is 5.09. The van der Waals surface area contributed by atoms with Crippen LogP contribution in [0.1, 0.15) is 18.9 Å². The number of allylic oxidation sites excluding steroid dienone is 1. The minimum absolute atomic E-state index is 0.00600. The van der Waals surface area contributed by atoms with Crippen molar-refractivity contribution in [3.8, 4) is 11.5 Å². The largest absolute Gasteiger partial charge is 0.493 e. The third-order valence-corrected chi connectivity index (χ3v) is 3.48. The molecule has 2 rings (SSSR count). The Hall–Kier alpha value is -2.01. The van der Waals surface area contributed by atoms with Crippen LogP contribution in [-0.2, 0) is 4.79 Å². The first-order valence-electron chi connectivity index (χ1n) is 7.11. The van der Waals surface area contributed by atoms with Crippen LogP contribution in [0.4, 0.5) is 0 Å². The molecule has 0 bridgehead atoms. The van der Waals surface area contributed by atoms with Crippen LogP contribution >= 0.6 is 0 Å². The monoisotopic (exact) mass is 290 g/mol. The fourth-order valence-electron chi connectivity index (χ4n) is 2.34. The SMILES string of the molecule is CC=Cc1ccc(OCC(=O)N2CCC(N)C2)c(OC)c1. The topological polar surface area (TPSA) is 64.8 Å². The molecule has 1 unspecified atom stereocenters. The number of ether oxygens (including phenoxy) is 2. The zero-order valence-corrected chi connectivity index (χ0v) is 12.5. The highest BCUT2D eigenvalue weighted by Gasteiger charge is 2.23. The molecule has 5 nitrogen and oxygen atoms in total. The van der Waals surface area contributed by atoms with Crippen LogP contribution in [0.25, 0.3) is 6.08 Å². The predicted molar refractivity (Wildman–Crippen MR) is 82.4 cm³/mol. The Morgan fingerprint density at radius 1 is 1.48 bits per heavy atom. The highest BCUT2D eigenvalue weighted by molar-refractivity contribution is 5.78. The van der Waals surface area contributed by atoms with E-state index in [0.29, 0.717) is 24.6 Å². The molecule has 1 atom stereocenters. The highest BCUT2D eigenvalue weighted by Crippen LogP contribution is 2.28. The molecule has 1 aliphatic rings. The van der Waals surface area contributed by atoms with Gasteiger partial charge in [0.15, 0.2) is 18.1 Å². The zero-order chi connectivity index (χ0) is 15.2. The smallest absolute Gasteiger partial charge is 0.260 e. The van der Waals surface area contributed by atoms with Crippen LogP contribution in [0.2, 0.25) is 0 Å². The van der Waals surface area contributed by atoms with Crippen LogP contribution < -0.4 is 15.2 Å². The van der Waals surface area contributed by atoms with Crippen molar-refractivity contribution in [2.45, 2.75) is 19.4 Å². The Morgan fingerprint density at radius 2 is 2.29 bits per heavy atom. The standard InChI is InChI=1S/C16H22N2O3/c1-3-4-12-5-6-14(15(9-12)20-2)21-11-16(19)18-8-7-13(17)10-18/h3-6,9,13H,7-8,10-11,17H2,1-2H3. The molecule has 21 heavy (non-hydrogen) atoms. The van der Waals surface area contributed by atoms with E-state index in [1.807, 2.05) is 37.3 Å². The number of rotatable bonds is 5. The molecule has 1 saturated heterocycles. The molecule has 0 spiro atoms. The van der Waals surface area contributed by atoms with E-state index >= 15 is 0 Å². The summed E-state index contributed by atoms with van der Waals surface area (Å²) in [6.45, 7) is 3.28. The number of hydrogen-bond acceptors (Lipinski definition) is 4. The maximum Gasteiger partial charge on any atom is 0.260 e. The fraction of sp³-hybridized carbons (Fsp3) is 0.438. The first kappa shape index (κ1) is 15.4. The van der Waals surface area contributed by atoms with E-state index < -0.39 is 0 Å². The minimum Gasteiger partial charge on any atom is -0.493 e. The van der Waals surface area contributed by atoms with E-state index in [1.165, 1.54) is 0 Å². The van der Waals surface area contributed by atoms with Gasteiger partial charge in [0.1, 0.15) is 0 Å². The summed E-state index contributed by atoms with van der Waals surface area (Å²) < 4.78 is 10.9. The quantitative estimate of drug-likeness (QED) is 0.896. The molecular weight excluding hydrogens is 268 g/mol. The van der Waals surface area contributed by atoms with Crippen molar-refractivity contribution in [2.24, 2.45) is 5.73 Å². The van der Waals surface area contributed by atoms with Crippen molar-refractivity contribution in [3.63, 3.8) is 0 Å². The number of likely N-dealkylation sites (tertiary alicyclic amines) is 1. The molecule has 0 aromatic heterocycles. The molecule has 1 fully saturated rings. The number of carbonyl (C=O) groups excluding carboxylic acids is 1. The lowest BCUT2D eigenvalue weighted by molar-refractivity contribution is -0.132. The van der Waals surface area contributed by atoms with Crippen molar-refractivity contribution in [3.05, 3.63) is 29.8 Å². The summed E-state index contributed by atoms with van der Waals surface area (Å²) in [6, 6.07) is 5.71. The molecule has 1 heterocycles. The molecule has 1 amide bonds. The summed E-state index contributed by atoms with van der Waals surface area (Å²) in [5.41, 5.74) is 6.83. The van der Waals surface area contributed by atoms with Gasteiger partial charge in [0.2, 0.25) is 0 Å². The number of nitrogens with two attached hydrogens (primary N) is 1. The van der Waals surface area contributed by atoms with Gasteiger partial charge < -0.3 is 20.1 Å². The molecule has 0 aliphatic carbocycles. The first-order valence-corrected chi connectivity index (χ1v) is 7.11. The van der Waals surface area contributed by atoms with Crippen LogP contribution in [0.5, 0.6) is 11.5 Å². The van der Waals surface area contributed by atoms with E-state index in [-0.39, 0.29) is 18.6 Å². The van der Waals surface area contributed by atoms with E-state index in [0.717, 1.165) is 12.0 Å². The first-order chi connectivity index (χ1) is 10.1. The van der Waals surface area contributed by atoms with E-state index in [1.54, 1.807) is 12.0 Å². The van der Waals surface area contributed by atoms with Gasteiger partial charge in [-0.15, -0.1) is 0 Å². The van der Waals surface area contributed by atoms with Crippen molar-refractivity contribution in [1.82, 2.24) is 4.90 Å². The van der Waals surface area contributed by atoms with Crippen LogP contribution in [-0.4, -0.2) is 43.7 Å². The number of hydrogen-bond donors (Lipinski definition) is 1. The normalized spacial score (nSPS) is 18.2. The lowest BCUT2D eigenvalue weighted by atomic mass is 10.2. The van der Waals surface area contributed by atoms with Crippen molar-refractivity contribution >= 4 is 12.0 Å². The predicted octanol–water partition coefficient (Wildman–Crippen LogP) is 1.67. The second-order valence-electron chi connectivity index (χ2n) is 5.09. The van der Waals surface area contributed by atoms with E-state index in [9.17, 15) is 4.79 Å². The number of nitrogens with zero attached hydrogens (tertiary/aromatic N) is 1. The highest BCUT2D eigenvalue weighted by atomic mass is 16.5. The van der Waals surface area contributed by atoms with Gasteiger partial charge in [0, 0.05) is 19.1 Å². The summed E-state index contributed by atoms with van der Waals surface area (Å²) in [5, 5.41) is 0. The summed E-state index contributed by atoms with van der Waals surface area (Å²) in [5.74, 6) is 1.15. The van der Waals surface area contributed by atoms with Crippen molar-refractivity contribution in [1.29, 1.82) is 0 Å². The maximum atomic E-state index is 12.0. The number of carbonyl (C=O) groups is 1. The van der Waals surface area contributed by atoms with Crippen LogP contribution in [0.3, 0.4) is 0 Å². The Kier molecular flexibility index (Phi) is 5.22. The van der Waals surface area contributed by atoms with Gasteiger partial charge in [-0.2, -0.15) is 0 Å². The lowest BCUT2D eigenvalue weighted by Gasteiger charge is -2.17. The second kappa shape index (κ2) is 7.13. The fourth-order valence-corrected chi connectivity index (χ4v) is 2.34. The molecule has 1 aromatic rings. The summed E-state index contributed by atoms with van der Waals surface area (Å²) in [4.78, 5) is 13.8. The van der Waals surface area contributed by atoms with Gasteiger partial charge in [-0.1, -0.05) is 18.2 Å². The maximum absolute atomic E-state index is 12.0. The van der Waals surface area contributed by atoms with Gasteiger partial charge in [0.25, 0.3) is 5.91 Å². The number of benzene rings is 1. The average Bonchev–Trinajstić information content (AvgIpc) is 2.92. The molecule has 0 saturated carbocycles. The molecule has 114 valence electrons. The lowest BCUT2D eigenvalue weighted by Crippen LogP contribution is -2.35. The molecule has 0 radical (unpaired) electrons. The van der Waals surface area contributed by atoms with Crippen molar-refractivity contribution < 1.29 is 14.3 Å². The molecule has 1 aromatic carbocycles. The molecular formula is C16H22N2O3. The van der Waals surface area contributed by atoms with Gasteiger partial charge in [-0.3, -0.25) is 4.79 Å². The van der Waals surface area contributed by atoms with Crippen LogP contribution in [0, 0.1) is 0 Å². The Balaban J connectivity index is 1.97. The summed E-state index contributed by atoms with van der Waals surface area (Å²) in [6.07, 6.45) is 4.78. The average molecular weight is 290 g/mol. The van der Waals surface area contributed by atoms with Gasteiger partial charge in [-0.05, 0) is 31.0 Å². The van der Waals surface area contributed by atoms with Crippen molar-refractivity contribution in [2.75, 3.05) is 26.8 Å². The van der Waals surface area contributed by atoms with Gasteiger partial charge in [-0.25, -0.2) is 0 Å². The number of methoxy groups -OCH3 is 1. The Morgan fingerprint density at radius 3 is 2.90 bits per heavy atom. The third kappa shape index (κ3) is 3.98. The third-order valence-electron chi connectivity index (χ3n) is 3.48. The van der Waals surface area contributed by atoms with Gasteiger partial charge >= 0.3 is 0 Å². The number of amides is 1. The Labute approximate surface area is 125 Å². The summed E-state index contributed by atoms with van der Waals surface area (Å²) >= 11 is 0. The zero-order valence-electron chi connectivity index (χ0n) is 12.5. The Bertz CT molecular complexity index is 528. The van der Waals surface area contributed by atoms with E-state index in [2.05, 4.69) is 0 Å². The minimum atomic E-state index is -0.0393. The molecule has 1 aliphatic heterocycles.